The Morgan fingerprint density at radius 1 is 1.33 bits per heavy atom. The molecule has 3 heterocycles. The summed E-state index contributed by atoms with van der Waals surface area (Å²) in [4.78, 5) is 25.0. The van der Waals surface area contributed by atoms with Crippen molar-refractivity contribution in [3.63, 3.8) is 0 Å². The average molecular weight is 291 g/mol. The molecular weight excluding hydrogens is 270 g/mol. The molecule has 7 nitrogen and oxygen atoms in total. The number of rotatable bonds is 2. The Morgan fingerprint density at radius 2 is 2.14 bits per heavy atom. The van der Waals surface area contributed by atoms with Gasteiger partial charge >= 0.3 is 5.97 Å². The van der Waals surface area contributed by atoms with Crippen LogP contribution >= 0.6 is 0 Å². The highest BCUT2D eigenvalue weighted by Crippen LogP contribution is 2.24. The first-order valence-corrected chi connectivity index (χ1v) is 7.28. The number of nitrogens with zero attached hydrogens (tertiary/aromatic N) is 4. The van der Waals surface area contributed by atoms with Gasteiger partial charge in [-0.1, -0.05) is 0 Å². The molecule has 2 N–H and O–H groups in total. The summed E-state index contributed by atoms with van der Waals surface area (Å²) in [6.07, 6.45) is 0.678. The van der Waals surface area contributed by atoms with Gasteiger partial charge in [-0.3, -0.25) is 4.90 Å². The SMILES string of the molecule is CN1CCN(C)C(c2nc3c(c(C(=O)O)n2)CCNC3)C1. The number of aromatic nitrogens is 2. The molecule has 1 aromatic heterocycles. The molecule has 7 heteroatoms. The van der Waals surface area contributed by atoms with E-state index in [2.05, 4.69) is 32.1 Å². The van der Waals surface area contributed by atoms with Gasteiger partial charge in [0.05, 0.1) is 11.7 Å². The van der Waals surface area contributed by atoms with E-state index in [-0.39, 0.29) is 11.7 Å². The van der Waals surface area contributed by atoms with Crippen LogP contribution in [0.3, 0.4) is 0 Å². The smallest absolute Gasteiger partial charge is 0.354 e. The minimum absolute atomic E-state index is 0.0501. The number of nitrogens with one attached hydrogen (secondary N) is 1. The number of hydrogen-bond acceptors (Lipinski definition) is 6. The molecule has 0 saturated carbocycles. The summed E-state index contributed by atoms with van der Waals surface area (Å²) in [6, 6.07) is 0.0501. The van der Waals surface area contributed by atoms with Crippen molar-refractivity contribution < 1.29 is 9.90 Å². The molecule has 0 aliphatic carbocycles. The van der Waals surface area contributed by atoms with Crippen LogP contribution in [0.2, 0.25) is 0 Å². The van der Waals surface area contributed by atoms with Crippen LogP contribution < -0.4 is 5.32 Å². The molecule has 1 aromatic rings. The first kappa shape index (κ1) is 14.4. The lowest BCUT2D eigenvalue weighted by Gasteiger charge is -2.37. The van der Waals surface area contributed by atoms with E-state index in [9.17, 15) is 9.90 Å². The van der Waals surface area contributed by atoms with E-state index in [1.165, 1.54) is 0 Å². The molecule has 21 heavy (non-hydrogen) atoms. The molecule has 1 saturated heterocycles. The van der Waals surface area contributed by atoms with Gasteiger partial charge in [0.2, 0.25) is 0 Å². The van der Waals surface area contributed by atoms with E-state index < -0.39 is 5.97 Å². The second-order valence-electron chi connectivity index (χ2n) is 5.85. The minimum Gasteiger partial charge on any atom is -0.477 e. The van der Waals surface area contributed by atoms with Crippen LogP contribution in [0.4, 0.5) is 0 Å². The Labute approximate surface area is 124 Å². The molecule has 0 amide bonds. The van der Waals surface area contributed by atoms with Crippen LogP contribution in [-0.4, -0.2) is 71.1 Å². The van der Waals surface area contributed by atoms with E-state index in [1.807, 2.05) is 7.05 Å². The highest BCUT2D eigenvalue weighted by atomic mass is 16.4. The van der Waals surface area contributed by atoms with Gasteiger partial charge in [0.1, 0.15) is 5.82 Å². The van der Waals surface area contributed by atoms with Crippen molar-refractivity contribution in [3.05, 3.63) is 22.8 Å². The van der Waals surface area contributed by atoms with Crippen molar-refractivity contribution in [1.29, 1.82) is 0 Å². The van der Waals surface area contributed by atoms with Gasteiger partial charge in [0.15, 0.2) is 5.69 Å². The van der Waals surface area contributed by atoms with Gasteiger partial charge in [0.25, 0.3) is 0 Å². The quantitative estimate of drug-likeness (QED) is 0.777. The molecule has 3 rings (SSSR count). The summed E-state index contributed by atoms with van der Waals surface area (Å²) in [6.45, 7) is 4.16. The fourth-order valence-corrected chi connectivity index (χ4v) is 2.99. The average Bonchev–Trinajstić information content (AvgIpc) is 2.48. The lowest BCUT2D eigenvalue weighted by atomic mass is 10.0. The number of fused-ring (bicyclic) bond motifs is 1. The topological polar surface area (TPSA) is 81.6 Å². The van der Waals surface area contributed by atoms with E-state index in [0.717, 1.165) is 37.4 Å². The van der Waals surface area contributed by atoms with Crippen LogP contribution in [0, 0.1) is 0 Å². The molecule has 1 unspecified atom stereocenters. The third-order valence-corrected chi connectivity index (χ3v) is 4.31. The van der Waals surface area contributed by atoms with E-state index >= 15 is 0 Å². The summed E-state index contributed by atoms with van der Waals surface area (Å²) >= 11 is 0. The molecule has 2 aliphatic rings. The van der Waals surface area contributed by atoms with Crippen molar-refractivity contribution in [2.24, 2.45) is 0 Å². The predicted molar refractivity (Wildman–Crippen MR) is 77.3 cm³/mol. The third-order valence-electron chi connectivity index (χ3n) is 4.31. The lowest BCUT2D eigenvalue weighted by molar-refractivity contribution is 0.0685. The first-order valence-electron chi connectivity index (χ1n) is 7.28. The summed E-state index contributed by atoms with van der Waals surface area (Å²) < 4.78 is 0. The number of likely N-dealkylation sites (N-methyl/N-ethyl adjacent to an activating group) is 2. The summed E-state index contributed by atoms with van der Waals surface area (Å²) in [5.74, 6) is -0.326. The van der Waals surface area contributed by atoms with Gasteiger partial charge in [-0.2, -0.15) is 0 Å². The highest BCUT2D eigenvalue weighted by molar-refractivity contribution is 5.87. The van der Waals surface area contributed by atoms with Gasteiger partial charge < -0.3 is 15.3 Å². The van der Waals surface area contributed by atoms with Crippen LogP contribution in [0.25, 0.3) is 0 Å². The maximum absolute atomic E-state index is 11.5. The molecule has 1 fully saturated rings. The number of carbonyl (C=O) groups is 1. The number of carboxylic acid groups (broad SMARTS) is 1. The summed E-state index contributed by atoms with van der Waals surface area (Å²) in [5, 5.41) is 12.7. The molecular formula is C14H21N5O2. The third kappa shape index (κ3) is 2.76. The summed E-state index contributed by atoms with van der Waals surface area (Å²) in [5.41, 5.74) is 1.81. The number of hydrogen-bond donors (Lipinski definition) is 2. The minimum atomic E-state index is -0.955. The number of carboxylic acids is 1. The van der Waals surface area contributed by atoms with Crippen molar-refractivity contribution in [3.8, 4) is 0 Å². The first-order chi connectivity index (χ1) is 10.1. The summed E-state index contributed by atoms with van der Waals surface area (Å²) in [7, 11) is 4.11. The Bertz CT molecular complexity index is 563. The monoisotopic (exact) mass is 291 g/mol. The maximum Gasteiger partial charge on any atom is 0.354 e. The zero-order valence-electron chi connectivity index (χ0n) is 12.5. The van der Waals surface area contributed by atoms with Crippen molar-refractivity contribution in [1.82, 2.24) is 25.1 Å². The van der Waals surface area contributed by atoms with Crippen molar-refractivity contribution in [2.45, 2.75) is 19.0 Å². The zero-order valence-corrected chi connectivity index (χ0v) is 12.5. The Kier molecular flexibility index (Phi) is 3.88. The lowest BCUT2D eigenvalue weighted by Crippen LogP contribution is -2.45. The largest absolute Gasteiger partial charge is 0.477 e. The van der Waals surface area contributed by atoms with Crippen LogP contribution in [0.15, 0.2) is 0 Å². The molecule has 0 radical (unpaired) electrons. The number of aromatic carboxylic acids is 1. The van der Waals surface area contributed by atoms with Crippen LogP contribution in [0.1, 0.15) is 33.6 Å². The zero-order chi connectivity index (χ0) is 15.0. The number of piperazine rings is 1. The Morgan fingerprint density at radius 3 is 2.90 bits per heavy atom. The highest BCUT2D eigenvalue weighted by Gasteiger charge is 2.29. The second-order valence-corrected chi connectivity index (χ2v) is 5.85. The molecule has 114 valence electrons. The second kappa shape index (κ2) is 5.67. The fourth-order valence-electron chi connectivity index (χ4n) is 2.99. The van der Waals surface area contributed by atoms with Crippen LogP contribution in [0.5, 0.6) is 0 Å². The van der Waals surface area contributed by atoms with E-state index in [4.69, 9.17) is 0 Å². The maximum atomic E-state index is 11.5. The van der Waals surface area contributed by atoms with E-state index in [1.54, 1.807) is 0 Å². The van der Waals surface area contributed by atoms with E-state index in [0.29, 0.717) is 18.8 Å². The standard InChI is InChI=1S/C14H21N5O2/c1-18-5-6-19(2)11(8-18)13-16-10-7-15-4-3-9(10)12(17-13)14(20)21/h11,15H,3-8H2,1-2H3,(H,20,21). The fraction of sp³-hybridized carbons (Fsp3) is 0.643. The molecule has 1 atom stereocenters. The Hall–Kier alpha value is -1.57. The molecule has 0 spiro atoms. The molecule has 0 aromatic carbocycles. The Balaban J connectivity index is 2.02. The van der Waals surface area contributed by atoms with Gasteiger partial charge in [-0.05, 0) is 27.1 Å². The van der Waals surface area contributed by atoms with Crippen molar-refractivity contribution in [2.75, 3.05) is 40.3 Å². The van der Waals surface area contributed by atoms with Gasteiger partial charge in [0, 0.05) is 31.7 Å². The normalized spacial score (nSPS) is 23.8. The van der Waals surface area contributed by atoms with Gasteiger partial charge in [-0.15, -0.1) is 0 Å². The van der Waals surface area contributed by atoms with Crippen molar-refractivity contribution >= 4 is 5.97 Å². The molecule has 0 bridgehead atoms. The van der Waals surface area contributed by atoms with Gasteiger partial charge in [-0.25, -0.2) is 14.8 Å². The molecule has 2 aliphatic heterocycles. The predicted octanol–water partition coefficient (Wildman–Crippen LogP) is -0.261. The van der Waals surface area contributed by atoms with Crippen LogP contribution in [-0.2, 0) is 13.0 Å².